The van der Waals surface area contributed by atoms with E-state index in [1.807, 2.05) is 27.7 Å². The Morgan fingerprint density at radius 1 is 1.11 bits per heavy atom. The molecule has 7 nitrogen and oxygen atoms in total. The predicted molar refractivity (Wildman–Crippen MR) is 150 cm³/mol. The number of anilines is 1. The number of carbonyl (C=O) groups excluding carboxylic acids is 2. The van der Waals surface area contributed by atoms with Gasteiger partial charge in [0.1, 0.15) is 12.6 Å². The molecule has 0 fully saturated rings. The zero-order valence-corrected chi connectivity index (χ0v) is 25.1. The first-order valence-electron chi connectivity index (χ1n) is 11.3. The zero-order valence-electron chi connectivity index (χ0n) is 21.2. The molecule has 11 heteroatoms. The van der Waals surface area contributed by atoms with E-state index in [2.05, 4.69) is 21.2 Å². The number of rotatable bonds is 9. The van der Waals surface area contributed by atoms with Crippen LogP contribution < -0.4 is 9.62 Å². The quantitative estimate of drug-likeness (QED) is 0.398. The summed E-state index contributed by atoms with van der Waals surface area (Å²) in [5.74, 6) is -0.878. The molecule has 0 saturated heterocycles. The van der Waals surface area contributed by atoms with Gasteiger partial charge < -0.3 is 10.2 Å². The van der Waals surface area contributed by atoms with Crippen LogP contribution >= 0.6 is 39.1 Å². The van der Waals surface area contributed by atoms with E-state index in [0.29, 0.717) is 27.7 Å². The minimum atomic E-state index is -3.82. The summed E-state index contributed by atoms with van der Waals surface area (Å²) >= 11 is 15.8. The van der Waals surface area contributed by atoms with E-state index in [0.717, 1.165) is 20.6 Å². The second-order valence-electron chi connectivity index (χ2n) is 9.62. The molecule has 0 heterocycles. The third kappa shape index (κ3) is 8.36. The first-order valence-corrected chi connectivity index (χ1v) is 14.7. The van der Waals surface area contributed by atoms with Gasteiger partial charge in [-0.15, -0.1) is 0 Å². The van der Waals surface area contributed by atoms with Gasteiger partial charge in [-0.3, -0.25) is 13.9 Å². The number of benzene rings is 2. The second-order valence-corrected chi connectivity index (χ2v) is 13.2. The van der Waals surface area contributed by atoms with Gasteiger partial charge in [-0.05, 0) is 75.6 Å². The number of amides is 2. The summed E-state index contributed by atoms with van der Waals surface area (Å²) in [6, 6.07) is 9.07. The van der Waals surface area contributed by atoms with Crippen molar-refractivity contribution in [3.05, 3.63) is 62.0 Å². The van der Waals surface area contributed by atoms with Gasteiger partial charge in [0, 0.05) is 26.6 Å². The fraction of sp³-hybridized carbons (Fsp3) is 0.440. The molecular weight excluding hydrogens is 589 g/mol. The normalized spacial score (nSPS) is 12.7. The lowest BCUT2D eigenvalue weighted by atomic mass is 10.1. The van der Waals surface area contributed by atoms with Crippen molar-refractivity contribution < 1.29 is 18.0 Å². The number of sulfonamides is 1. The van der Waals surface area contributed by atoms with Crippen molar-refractivity contribution >= 4 is 66.7 Å². The Hall–Kier alpha value is -1.81. The van der Waals surface area contributed by atoms with Crippen LogP contribution in [0.1, 0.15) is 45.2 Å². The van der Waals surface area contributed by atoms with E-state index >= 15 is 0 Å². The van der Waals surface area contributed by atoms with E-state index in [1.54, 1.807) is 43.3 Å². The highest BCUT2D eigenvalue weighted by Gasteiger charge is 2.33. The Labute approximate surface area is 232 Å². The predicted octanol–water partition coefficient (Wildman–Crippen LogP) is 5.55. The summed E-state index contributed by atoms with van der Waals surface area (Å²) in [6.45, 7) is 8.69. The first-order chi connectivity index (χ1) is 16.5. The number of halogens is 3. The van der Waals surface area contributed by atoms with Gasteiger partial charge in [-0.1, -0.05) is 52.1 Å². The minimum Gasteiger partial charge on any atom is -0.350 e. The molecule has 0 radical (unpaired) electrons. The van der Waals surface area contributed by atoms with Gasteiger partial charge in [0.2, 0.25) is 21.8 Å². The molecule has 2 aromatic carbocycles. The maximum Gasteiger partial charge on any atom is 0.244 e. The van der Waals surface area contributed by atoms with Gasteiger partial charge in [-0.25, -0.2) is 8.42 Å². The van der Waals surface area contributed by atoms with Gasteiger partial charge >= 0.3 is 0 Å². The van der Waals surface area contributed by atoms with Crippen molar-refractivity contribution in [1.29, 1.82) is 0 Å². The van der Waals surface area contributed by atoms with Crippen LogP contribution in [0.5, 0.6) is 0 Å². The van der Waals surface area contributed by atoms with Gasteiger partial charge in [0.25, 0.3) is 0 Å². The van der Waals surface area contributed by atoms with E-state index in [1.165, 1.54) is 4.90 Å². The number of carbonyl (C=O) groups is 2. The highest BCUT2D eigenvalue weighted by atomic mass is 79.9. The molecule has 0 aliphatic carbocycles. The van der Waals surface area contributed by atoms with Gasteiger partial charge in [0.15, 0.2) is 0 Å². The zero-order chi connectivity index (χ0) is 27.4. The fourth-order valence-corrected chi connectivity index (χ4v) is 5.16. The monoisotopic (exact) mass is 619 g/mol. The topological polar surface area (TPSA) is 86.8 Å². The lowest BCUT2D eigenvalue weighted by molar-refractivity contribution is -0.141. The van der Waals surface area contributed by atoms with E-state index < -0.39 is 34.1 Å². The average molecular weight is 621 g/mol. The highest BCUT2D eigenvalue weighted by molar-refractivity contribution is 9.10. The molecule has 0 saturated carbocycles. The number of hydrogen-bond donors (Lipinski definition) is 1. The molecule has 36 heavy (non-hydrogen) atoms. The van der Waals surface area contributed by atoms with Crippen LogP contribution in [0.25, 0.3) is 0 Å². The third-order valence-electron chi connectivity index (χ3n) is 5.35. The highest BCUT2D eigenvalue weighted by Crippen LogP contribution is 2.27. The van der Waals surface area contributed by atoms with Gasteiger partial charge in [-0.2, -0.15) is 0 Å². The molecular formula is C25H32BrCl2N3O4S. The van der Waals surface area contributed by atoms with Gasteiger partial charge in [0.05, 0.1) is 11.9 Å². The summed E-state index contributed by atoms with van der Waals surface area (Å²) in [4.78, 5) is 28.3. The molecule has 0 spiro atoms. The Bertz CT molecular complexity index is 1230. The summed E-state index contributed by atoms with van der Waals surface area (Å²) < 4.78 is 27.3. The molecule has 2 rings (SSSR count). The molecule has 0 aliphatic rings. The van der Waals surface area contributed by atoms with E-state index in [4.69, 9.17) is 23.2 Å². The van der Waals surface area contributed by atoms with Crippen molar-refractivity contribution in [2.24, 2.45) is 0 Å². The Morgan fingerprint density at radius 2 is 1.75 bits per heavy atom. The Morgan fingerprint density at radius 3 is 2.25 bits per heavy atom. The van der Waals surface area contributed by atoms with Crippen molar-refractivity contribution in [3.8, 4) is 0 Å². The SMILES string of the molecule is CCC(C(=O)NC(C)(C)C)N(Cc1ccc(Cl)cc1Cl)C(=O)CN(c1ccc(Br)c(C)c1)S(C)(=O)=O. The van der Waals surface area contributed by atoms with Crippen LogP contribution in [-0.4, -0.2) is 49.5 Å². The van der Waals surface area contributed by atoms with E-state index in [9.17, 15) is 18.0 Å². The largest absolute Gasteiger partial charge is 0.350 e. The van der Waals surface area contributed by atoms with E-state index in [-0.39, 0.29) is 12.5 Å². The number of aryl methyl sites for hydroxylation is 1. The van der Waals surface area contributed by atoms with Crippen LogP contribution in [0.15, 0.2) is 40.9 Å². The fourth-order valence-electron chi connectivity index (χ4n) is 3.60. The van der Waals surface area contributed by atoms with Crippen LogP contribution in [0, 0.1) is 6.92 Å². The molecule has 1 unspecified atom stereocenters. The number of nitrogens with zero attached hydrogens (tertiary/aromatic N) is 2. The summed E-state index contributed by atoms with van der Waals surface area (Å²) in [7, 11) is -3.82. The maximum atomic E-state index is 13.7. The minimum absolute atomic E-state index is 0.00186. The molecule has 1 N–H and O–H groups in total. The summed E-state index contributed by atoms with van der Waals surface area (Å²) in [6.07, 6.45) is 1.36. The number of hydrogen-bond acceptors (Lipinski definition) is 4. The Kier molecular flexibility index (Phi) is 10.3. The molecule has 0 aliphatic heterocycles. The molecule has 198 valence electrons. The van der Waals surface area contributed by atoms with Crippen LogP contribution in [0.2, 0.25) is 10.0 Å². The second kappa shape index (κ2) is 12.2. The first kappa shape index (κ1) is 30.4. The van der Waals surface area contributed by atoms with Crippen molar-refractivity contribution in [2.45, 2.75) is 59.2 Å². The number of nitrogens with one attached hydrogen (secondary N) is 1. The summed E-state index contributed by atoms with van der Waals surface area (Å²) in [5.41, 5.74) is 1.23. The van der Waals surface area contributed by atoms with Crippen molar-refractivity contribution in [2.75, 3.05) is 17.1 Å². The van der Waals surface area contributed by atoms with Crippen molar-refractivity contribution in [3.63, 3.8) is 0 Å². The smallest absolute Gasteiger partial charge is 0.244 e. The summed E-state index contributed by atoms with van der Waals surface area (Å²) in [5, 5.41) is 3.70. The standard InChI is InChI=1S/C25H32BrCl2N3O4S/c1-7-22(24(33)29-25(3,4)5)30(14-17-8-9-18(27)13-21(17)28)23(32)15-31(36(6,34)35)19-10-11-20(26)16(2)12-19/h8-13,22H,7,14-15H2,1-6H3,(H,29,33). The lowest BCUT2D eigenvalue weighted by Gasteiger charge is -2.34. The maximum absolute atomic E-state index is 13.7. The molecule has 2 amide bonds. The third-order valence-corrected chi connectivity index (χ3v) is 7.97. The molecule has 0 bridgehead atoms. The van der Waals surface area contributed by atoms with Crippen LogP contribution in [-0.2, 0) is 26.2 Å². The lowest BCUT2D eigenvalue weighted by Crippen LogP contribution is -2.55. The molecule has 0 aromatic heterocycles. The Balaban J connectivity index is 2.52. The molecule has 1 atom stereocenters. The van der Waals surface area contributed by atoms with Crippen LogP contribution in [0.4, 0.5) is 5.69 Å². The molecule has 2 aromatic rings. The average Bonchev–Trinajstić information content (AvgIpc) is 2.73. The van der Waals surface area contributed by atoms with Crippen LogP contribution in [0.3, 0.4) is 0 Å². The van der Waals surface area contributed by atoms with Crippen molar-refractivity contribution in [1.82, 2.24) is 10.2 Å².